The number of nitrogens with zero attached hydrogens (tertiary/aromatic N) is 1. The van der Waals surface area contributed by atoms with Gasteiger partial charge in [0.2, 0.25) is 0 Å². The van der Waals surface area contributed by atoms with Gasteiger partial charge in [-0.25, -0.2) is 0 Å². The summed E-state index contributed by atoms with van der Waals surface area (Å²) in [7, 11) is 0. The van der Waals surface area contributed by atoms with E-state index in [2.05, 4.69) is 11.9 Å². The van der Waals surface area contributed by atoms with Crippen molar-refractivity contribution in [1.29, 1.82) is 0 Å². The normalized spacial score (nSPS) is 12.4. The van der Waals surface area contributed by atoms with Crippen LogP contribution in [0.2, 0.25) is 0 Å². The quantitative estimate of drug-likeness (QED) is 0.368. The van der Waals surface area contributed by atoms with Crippen LogP contribution in [-0.2, 0) is 9.53 Å². The Morgan fingerprint density at radius 3 is 2.79 bits per heavy atom. The first-order valence-electron chi connectivity index (χ1n) is 10.4. The summed E-state index contributed by atoms with van der Waals surface area (Å²) in [6, 6.07) is 14.3. The fourth-order valence-corrected chi connectivity index (χ4v) is 4.48. The Kier molecular flexibility index (Phi) is 6.95. The molecule has 0 bridgehead atoms. The van der Waals surface area contributed by atoms with Crippen molar-refractivity contribution in [3.8, 4) is 0 Å². The average Bonchev–Trinajstić information content (AvgIpc) is 3.33. The van der Waals surface area contributed by atoms with Crippen molar-refractivity contribution < 1.29 is 23.5 Å². The van der Waals surface area contributed by atoms with Gasteiger partial charge in [0.1, 0.15) is 12.9 Å². The Morgan fingerprint density at radius 1 is 1.15 bits per heavy atom. The number of esters is 1. The highest BCUT2D eigenvalue weighted by Crippen LogP contribution is 2.42. The molecule has 0 saturated heterocycles. The van der Waals surface area contributed by atoms with Crippen LogP contribution in [0.3, 0.4) is 0 Å². The fourth-order valence-electron chi connectivity index (χ4n) is 3.36. The summed E-state index contributed by atoms with van der Waals surface area (Å²) in [6.45, 7) is 3.88. The van der Waals surface area contributed by atoms with E-state index in [9.17, 15) is 14.4 Å². The van der Waals surface area contributed by atoms with Crippen LogP contribution in [0.5, 0.6) is 0 Å². The Labute approximate surface area is 195 Å². The molecule has 0 aliphatic carbocycles. The van der Waals surface area contributed by atoms with Gasteiger partial charge < -0.3 is 19.4 Å². The van der Waals surface area contributed by atoms with Gasteiger partial charge in [0, 0.05) is 21.9 Å². The van der Waals surface area contributed by atoms with E-state index in [-0.39, 0.29) is 37.4 Å². The number of hydrogen-bond acceptors (Lipinski definition) is 6. The van der Waals surface area contributed by atoms with Crippen molar-refractivity contribution in [2.45, 2.75) is 22.6 Å². The van der Waals surface area contributed by atoms with Crippen molar-refractivity contribution in [3.05, 3.63) is 84.8 Å². The number of anilines is 2. The van der Waals surface area contributed by atoms with Crippen molar-refractivity contribution in [2.75, 3.05) is 23.4 Å². The van der Waals surface area contributed by atoms with Gasteiger partial charge in [0.15, 0.2) is 0 Å². The van der Waals surface area contributed by atoms with Gasteiger partial charge in [0.05, 0.1) is 29.6 Å². The van der Waals surface area contributed by atoms with Crippen LogP contribution in [0, 0.1) is 0 Å². The number of benzene rings is 2. The second kappa shape index (κ2) is 10.2. The van der Waals surface area contributed by atoms with Crippen molar-refractivity contribution in [2.24, 2.45) is 0 Å². The number of nitrogens with one attached hydrogen (secondary N) is 1. The van der Waals surface area contributed by atoms with E-state index in [1.807, 2.05) is 24.3 Å². The largest absolute Gasteiger partial charge is 0.472 e. The first kappa shape index (κ1) is 22.4. The lowest BCUT2D eigenvalue weighted by molar-refractivity contribution is -0.143. The van der Waals surface area contributed by atoms with Gasteiger partial charge in [-0.15, -0.1) is 6.58 Å². The SMILES string of the molecule is C=CCCC(=O)OCCN1C(=O)c2ccccc2Sc2cc(NC(=O)c3ccoc3)ccc21. The van der Waals surface area contributed by atoms with Crippen molar-refractivity contribution in [3.63, 3.8) is 0 Å². The fraction of sp³-hybridized carbons (Fsp3) is 0.160. The van der Waals surface area contributed by atoms with Crippen molar-refractivity contribution in [1.82, 2.24) is 0 Å². The molecule has 0 unspecified atom stereocenters. The molecule has 2 aromatic carbocycles. The first-order chi connectivity index (χ1) is 16.1. The van der Waals surface area contributed by atoms with E-state index < -0.39 is 0 Å². The lowest BCUT2D eigenvalue weighted by Crippen LogP contribution is -2.34. The number of fused-ring (bicyclic) bond motifs is 2. The van der Waals surface area contributed by atoms with Crippen LogP contribution in [0.1, 0.15) is 33.6 Å². The van der Waals surface area contributed by atoms with E-state index in [1.54, 1.807) is 35.2 Å². The summed E-state index contributed by atoms with van der Waals surface area (Å²) in [6.07, 6.45) is 5.27. The molecule has 168 valence electrons. The molecule has 1 aliphatic rings. The average molecular weight is 463 g/mol. The summed E-state index contributed by atoms with van der Waals surface area (Å²) in [5, 5.41) is 2.85. The van der Waals surface area contributed by atoms with Gasteiger partial charge in [0.25, 0.3) is 11.8 Å². The molecule has 7 nitrogen and oxygen atoms in total. The van der Waals surface area contributed by atoms with Crippen molar-refractivity contribution >= 4 is 40.9 Å². The van der Waals surface area contributed by atoms with Crippen LogP contribution < -0.4 is 10.2 Å². The predicted molar refractivity (Wildman–Crippen MR) is 126 cm³/mol. The lowest BCUT2D eigenvalue weighted by atomic mass is 10.1. The summed E-state index contributed by atoms with van der Waals surface area (Å²) in [4.78, 5) is 40.8. The van der Waals surface area contributed by atoms with Gasteiger partial charge in [-0.2, -0.15) is 0 Å². The second-order valence-corrected chi connectivity index (χ2v) is 8.34. The molecule has 8 heteroatoms. The standard InChI is InChI=1S/C25H22N2O5S/c1-2-3-8-23(28)32-14-12-27-20-10-9-18(26-24(29)17-11-13-31-16-17)15-22(20)33-21-7-5-4-6-19(21)25(27)30/h2,4-7,9-11,13,15-16H,1,3,8,12,14H2,(H,26,29). The van der Waals surface area contributed by atoms with Crippen LogP contribution in [0.25, 0.3) is 0 Å². The molecular weight excluding hydrogens is 440 g/mol. The molecule has 0 spiro atoms. The van der Waals surface area contributed by atoms with Gasteiger partial charge >= 0.3 is 5.97 Å². The number of hydrogen-bond donors (Lipinski definition) is 1. The Bertz CT molecular complexity index is 1190. The molecular formula is C25H22N2O5S. The van der Waals surface area contributed by atoms with Gasteiger partial charge in [-0.3, -0.25) is 14.4 Å². The number of carbonyl (C=O) groups excluding carboxylic acids is 3. The van der Waals surface area contributed by atoms with E-state index in [1.165, 1.54) is 24.3 Å². The Balaban J connectivity index is 1.59. The molecule has 0 radical (unpaired) electrons. The van der Waals surface area contributed by atoms with Crippen LogP contribution in [0.4, 0.5) is 11.4 Å². The highest BCUT2D eigenvalue weighted by Gasteiger charge is 2.27. The number of carbonyl (C=O) groups is 3. The highest BCUT2D eigenvalue weighted by atomic mass is 32.2. The molecule has 3 aromatic rings. The molecule has 0 atom stereocenters. The number of rotatable bonds is 8. The maximum Gasteiger partial charge on any atom is 0.306 e. The van der Waals surface area contributed by atoms with E-state index >= 15 is 0 Å². The monoisotopic (exact) mass is 462 g/mol. The molecule has 0 fully saturated rings. The number of allylic oxidation sites excluding steroid dienone is 1. The molecule has 2 amide bonds. The van der Waals surface area contributed by atoms with Crippen LogP contribution in [0.15, 0.2) is 87.9 Å². The molecule has 33 heavy (non-hydrogen) atoms. The Morgan fingerprint density at radius 2 is 2.00 bits per heavy atom. The minimum atomic E-state index is -0.329. The number of amides is 2. The molecule has 2 heterocycles. The van der Waals surface area contributed by atoms with E-state index in [0.717, 1.165) is 9.79 Å². The zero-order valence-electron chi connectivity index (χ0n) is 17.8. The Hall–Kier alpha value is -3.78. The van der Waals surface area contributed by atoms with Crippen LogP contribution in [-0.4, -0.2) is 30.9 Å². The van der Waals surface area contributed by atoms with Gasteiger partial charge in [-0.1, -0.05) is 30.0 Å². The van der Waals surface area contributed by atoms with E-state index in [0.29, 0.717) is 28.9 Å². The first-order valence-corrected chi connectivity index (χ1v) is 11.2. The number of furan rings is 1. The molecule has 1 aliphatic heterocycles. The highest BCUT2D eigenvalue weighted by molar-refractivity contribution is 7.99. The third kappa shape index (κ3) is 5.18. The summed E-state index contributed by atoms with van der Waals surface area (Å²) in [5.41, 5.74) is 2.26. The second-order valence-electron chi connectivity index (χ2n) is 7.25. The molecule has 0 saturated carbocycles. The lowest BCUT2D eigenvalue weighted by Gasteiger charge is -2.23. The topological polar surface area (TPSA) is 88.9 Å². The molecule has 1 N–H and O–H groups in total. The van der Waals surface area contributed by atoms with E-state index in [4.69, 9.17) is 9.15 Å². The maximum atomic E-state index is 13.3. The molecule has 4 rings (SSSR count). The minimum Gasteiger partial charge on any atom is -0.472 e. The summed E-state index contributed by atoms with van der Waals surface area (Å²) in [5.74, 6) is -0.791. The summed E-state index contributed by atoms with van der Waals surface area (Å²) < 4.78 is 10.3. The minimum absolute atomic E-state index is 0.0764. The number of ether oxygens (including phenoxy) is 1. The smallest absolute Gasteiger partial charge is 0.306 e. The zero-order chi connectivity index (χ0) is 23.2. The zero-order valence-corrected chi connectivity index (χ0v) is 18.6. The molecule has 1 aromatic heterocycles. The summed E-state index contributed by atoms with van der Waals surface area (Å²) >= 11 is 1.45. The third-order valence-electron chi connectivity index (χ3n) is 5.00. The van der Waals surface area contributed by atoms with Gasteiger partial charge in [-0.05, 0) is 42.8 Å². The third-order valence-corrected chi connectivity index (χ3v) is 6.13. The maximum absolute atomic E-state index is 13.3. The van der Waals surface area contributed by atoms with Crippen LogP contribution >= 0.6 is 11.8 Å². The predicted octanol–water partition coefficient (Wildman–Crippen LogP) is 5.15.